The van der Waals surface area contributed by atoms with Crippen molar-refractivity contribution in [1.82, 2.24) is 0 Å². The maximum Gasteiger partial charge on any atom is 0.295 e. The summed E-state index contributed by atoms with van der Waals surface area (Å²) in [5.74, 6) is 0.830. The van der Waals surface area contributed by atoms with Crippen molar-refractivity contribution in [1.29, 1.82) is 5.26 Å². The van der Waals surface area contributed by atoms with Crippen molar-refractivity contribution in [2.24, 2.45) is 10.9 Å². The second-order valence-electron chi connectivity index (χ2n) is 2.36. The molecule has 0 aliphatic rings. The van der Waals surface area contributed by atoms with Crippen LogP contribution < -0.4 is 0 Å². The summed E-state index contributed by atoms with van der Waals surface area (Å²) >= 11 is 0. The van der Waals surface area contributed by atoms with E-state index in [4.69, 9.17) is 10.00 Å². The molecule has 0 aliphatic heterocycles. The number of aliphatic imine (C=N–C) groups is 1. The Morgan fingerprint density at radius 1 is 1.64 bits per heavy atom. The van der Waals surface area contributed by atoms with Crippen molar-refractivity contribution < 1.29 is 4.74 Å². The summed E-state index contributed by atoms with van der Waals surface area (Å²) in [7, 11) is 1.51. The molecule has 0 bridgehead atoms. The first kappa shape index (κ1) is 9.70. The molecule has 0 heterocycles. The first-order valence-electron chi connectivity index (χ1n) is 3.35. The van der Waals surface area contributed by atoms with Gasteiger partial charge in [-0.05, 0) is 0 Å². The van der Waals surface area contributed by atoms with Gasteiger partial charge in [0.2, 0.25) is 0 Å². The Balaban J connectivity index is 4.07. The molecule has 0 amide bonds. The van der Waals surface area contributed by atoms with E-state index in [1.165, 1.54) is 7.05 Å². The quantitative estimate of drug-likeness (QED) is 0.343. The predicted molar refractivity (Wildman–Crippen MR) is 44.0 cm³/mol. The lowest BCUT2D eigenvalue weighted by Crippen LogP contribution is -2.05. The number of ether oxygens (including phenoxy) is 1. The van der Waals surface area contributed by atoms with Gasteiger partial charge >= 0.3 is 0 Å². The molecule has 0 rings (SSSR count). The molecule has 0 fully saturated rings. The first-order valence-corrected chi connectivity index (χ1v) is 3.35. The molecule has 0 unspecified atom stereocenters. The molecule has 3 nitrogen and oxygen atoms in total. The van der Waals surface area contributed by atoms with Crippen LogP contribution in [-0.4, -0.2) is 12.9 Å². The van der Waals surface area contributed by atoms with Crippen molar-refractivity contribution in [2.45, 2.75) is 13.8 Å². The van der Waals surface area contributed by atoms with Crippen LogP contribution in [0, 0.1) is 17.2 Å². The highest BCUT2D eigenvalue weighted by molar-refractivity contribution is 5.91. The Labute approximate surface area is 67.0 Å². The largest absolute Gasteiger partial charge is 0.436 e. The van der Waals surface area contributed by atoms with Crippen molar-refractivity contribution in [3.63, 3.8) is 0 Å². The lowest BCUT2D eigenvalue weighted by atomic mass is 10.2. The second kappa shape index (κ2) is 4.51. The van der Waals surface area contributed by atoms with E-state index < -0.39 is 0 Å². The summed E-state index contributed by atoms with van der Waals surface area (Å²) < 4.78 is 5.00. The van der Waals surface area contributed by atoms with Gasteiger partial charge in [0.1, 0.15) is 5.76 Å². The molecule has 0 aromatic rings. The van der Waals surface area contributed by atoms with Crippen LogP contribution in [0.3, 0.4) is 0 Å². The summed E-state index contributed by atoms with van der Waals surface area (Å²) in [6, 6.07) is 1.80. The van der Waals surface area contributed by atoms with Crippen molar-refractivity contribution in [3.05, 3.63) is 12.3 Å². The lowest BCUT2D eigenvalue weighted by Gasteiger charge is -2.08. The van der Waals surface area contributed by atoms with Crippen LogP contribution in [-0.2, 0) is 4.74 Å². The molecule has 0 atom stereocenters. The monoisotopic (exact) mass is 152 g/mol. The minimum atomic E-state index is 0.0590. The molecule has 0 N–H and O–H groups in total. The van der Waals surface area contributed by atoms with Crippen LogP contribution in [0.25, 0.3) is 0 Å². The van der Waals surface area contributed by atoms with E-state index in [1.54, 1.807) is 6.07 Å². The first-order chi connectivity index (χ1) is 5.11. The van der Waals surface area contributed by atoms with Gasteiger partial charge in [-0.3, -0.25) is 0 Å². The zero-order valence-corrected chi connectivity index (χ0v) is 7.09. The Hall–Kier alpha value is -1.30. The number of hydrogen-bond donors (Lipinski definition) is 0. The normalized spacial score (nSPS) is 11.0. The van der Waals surface area contributed by atoms with Crippen LogP contribution >= 0.6 is 0 Å². The van der Waals surface area contributed by atoms with Gasteiger partial charge < -0.3 is 4.74 Å². The van der Waals surface area contributed by atoms with Gasteiger partial charge in [0.25, 0.3) is 5.90 Å². The highest BCUT2D eigenvalue weighted by Gasteiger charge is 2.04. The van der Waals surface area contributed by atoms with Crippen LogP contribution in [0.15, 0.2) is 17.3 Å². The number of hydrogen-bond acceptors (Lipinski definition) is 3. The van der Waals surface area contributed by atoms with Gasteiger partial charge in [-0.15, -0.1) is 0 Å². The molecule has 60 valence electrons. The van der Waals surface area contributed by atoms with E-state index in [0.29, 0.717) is 5.76 Å². The summed E-state index contributed by atoms with van der Waals surface area (Å²) in [4.78, 5) is 3.60. The average Bonchev–Trinajstić information content (AvgIpc) is 1.99. The van der Waals surface area contributed by atoms with Crippen LogP contribution in [0.2, 0.25) is 0 Å². The van der Waals surface area contributed by atoms with Gasteiger partial charge in [-0.2, -0.15) is 5.26 Å². The van der Waals surface area contributed by atoms with Gasteiger partial charge in [0.05, 0.1) is 0 Å². The lowest BCUT2D eigenvalue weighted by molar-refractivity contribution is 0.364. The molecule has 0 radical (unpaired) electrons. The molecule has 0 aliphatic carbocycles. The number of allylic oxidation sites excluding steroid dienone is 1. The summed E-state index contributed by atoms with van der Waals surface area (Å²) in [6.07, 6.45) is 0. The van der Waals surface area contributed by atoms with Crippen LogP contribution in [0.4, 0.5) is 0 Å². The topological polar surface area (TPSA) is 45.4 Å². The van der Waals surface area contributed by atoms with Crippen LogP contribution in [0.1, 0.15) is 13.8 Å². The molecule has 0 saturated heterocycles. The zero-order chi connectivity index (χ0) is 8.85. The van der Waals surface area contributed by atoms with E-state index >= 15 is 0 Å². The van der Waals surface area contributed by atoms with Gasteiger partial charge in [0, 0.05) is 13.0 Å². The Kier molecular flexibility index (Phi) is 3.97. The van der Waals surface area contributed by atoms with Crippen molar-refractivity contribution >= 4 is 5.90 Å². The third-order valence-corrected chi connectivity index (χ3v) is 1.17. The van der Waals surface area contributed by atoms with E-state index in [-0.39, 0.29) is 11.8 Å². The van der Waals surface area contributed by atoms with Gasteiger partial charge in [-0.25, -0.2) is 4.99 Å². The molecule has 3 heteroatoms. The van der Waals surface area contributed by atoms with Crippen molar-refractivity contribution in [2.75, 3.05) is 7.05 Å². The zero-order valence-electron chi connectivity index (χ0n) is 7.09. The third-order valence-electron chi connectivity index (χ3n) is 1.17. The SMILES string of the molecule is C=C(OC(C#N)=NC)C(C)C. The van der Waals surface area contributed by atoms with E-state index in [1.807, 2.05) is 13.8 Å². The Bertz CT molecular complexity index is 211. The molecule has 11 heavy (non-hydrogen) atoms. The second-order valence-corrected chi connectivity index (χ2v) is 2.36. The number of nitrogens with zero attached hydrogens (tertiary/aromatic N) is 2. The molecule has 0 aromatic heterocycles. The molecular formula is C8H12N2O. The minimum absolute atomic E-state index is 0.0590. The number of nitriles is 1. The Morgan fingerprint density at radius 3 is 2.45 bits per heavy atom. The van der Waals surface area contributed by atoms with E-state index in [2.05, 4.69) is 11.6 Å². The highest BCUT2D eigenvalue weighted by Crippen LogP contribution is 2.07. The fourth-order valence-corrected chi connectivity index (χ4v) is 0.360. The molecule has 0 saturated carbocycles. The minimum Gasteiger partial charge on any atom is -0.436 e. The van der Waals surface area contributed by atoms with Crippen molar-refractivity contribution in [3.8, 4) is 6.07 Å². The summed E-state index contributed by atoms with van der Waals surface area (Å²) in [6.45, 7) is 7.51. The highest BCUT2D eigenvalue weighted by atomic mass is 16.5. The maximum atomic E-state index is 8.41. The molecular weight excluding hydrogens is 140 g/mol. The standard InChI is InChI=1S/C8H12N2O/c1-6(2)7(3)11-8(5-9)10-4/h6H,3H2,1-2,4H3. The van der Waals surface area contributed by atoms with E-state index in [9.17, 15) is 0 Å². The van der Waals surface area contributed by atoms with E-state index in [0.717, 1.165) is 0 Å². The Morgan fingerprint density at radius 2 is 2.18 bits per heavy atom. The molecule has 0 spiro atoms. The number of rotatable bonds is 2. The third kappa shape index (κ3) is 3.41. The fraction of sp³-hybridized carbons (Fsp3) is 0.500. The smallest absolute Gasteiger partial charge is 0.295 e. The fourth-order valence-electron chi connectivity index (χ4n) is 0.360. The van der Waals surface area contributed by atoms with Gasteiger partial charge in [0.15, 0.2) is 6.07 Å². The summed E-state index contributed by atoms with van der Waals surface area (Å²) in [5, 5.41) is 8.41. The van der Waals surface area contributed by atoms with Gasteiger partial charge in [-0.1, -0.05) is 20.4 Å². The summed E-state index contributed by atoms with van der Waals surface area (Å²) in [5.41, 5.74) is 0. The average molecular weight is 152 g/mol. The van der Waals surface area contributed by atoms with Crippen LogP contribution in [0.5, 0.6) is 0 Å². The predicted octanol–water partition coefficient (Wildman–Crippen LogP) is 1.72. The molecule has 0 aromatic carbocycles. The maximum absolute atomic E-state index is 8.41.